The average Bonchev–Trinajstić information content (AvgIpc) is 2.86. The molecule has 0 heterocycles. The zero-order valence-corrected chi connectivity index (χ0v) is 24.3. The normalized spacial score (nSPS) is 14.7. The quantitative estimate of drug-likeness (QED) is 0.301. The number of aliphatic hydroxyl groups excluding tert-OH is 1. The fourth-order valence-electron chi connectivity index (χ4n) is 4.62. The Hall–Kier alpha value is -1.94. The van der Waals surface area contributed by atoms with Crippen molar-refractivity contribution in [3.05, 3.63) is 70.8 Å². The number of aliphatic hydroxyl groups is 1. The highest BCUT2D eigenvalue weighted by molar-refractivity contribution is 8.33. The van der Waals surface area contributed by atoms with Crippen molar-refractivity contribution in [1.29, 1.82) is 0 Å². The Bertz CT molecular complexity index is 1120. The van der Waals surface area contributed by atoms with Crippen molar-refractivity contribution in [3.8, 4) is 0 Å². The van der Waals surface area contributed by atoms with Crippen LogP contribution in [0, 0.1) is 11.6 Å². The highest BCUT2D eigenvalue weighted by Crippen LogP contribution is 2.19. The molecule has 0 aromatic heterocycles. The van der Waals surface area contributed by atoms with Gasteiger partial charge in [-0.3, -0.25) is 9.00 Å². The summed E-state index contributed by atoms with van der Waals surface area (Å²) in [6, 6.07) is 10.1. The van der Waals surface area contributed by atoms with E-state index in [1.807, 2.05) is 45.0 Å². The second-order valence-corrected chi connectivity index (χ2v) is 14.1. The molecule has 2 aromatic rings. The summed E-state index contributed by atoms with van der Waals surface area (Å²) >= 11 is 5.51. The summed E-state index contributed by atoms with van der Waals surface area (Å²) in [6.45, 7) is 6.29. The summed E-state index contributed by atoms with van der Waals surface area (Å²) in [7, 11) is -2.62. The third-order valence-corrected chi connectivity index (χ3v) is 10.3. The molecule has 212 valence electrons. The van der Waals surface area contributed by atoms with Crippen LogP contribution in [0.15, 0.2) is 42.5 Å². The van der Waals surface area contributed by atoms with Crippen molar-refractivity contribution in [2.45, 2.75) is 89.7 Å². The third-order valence-electron chi connectivity index (χ3n) is 6.75. The van der Waals surface area contributed by atoms with E-state index in [9.17, 15) is 22.9 Å². The lowest BCUT2D eigenvalue weighted by atomic mass is 10.0. The number of carbonyl (C=O) groups is 1. The highest BCUT2D eigenvalue weighted by Gasteiger charge is 2.26. The number of nitrogens with two attached hydrogens (primary N) is 1. The maximum Gasteiger partial charge on any atom is 0.223 e. The van der Waals surface area contributed by atoms with Crippen molar-refractivity contribution in [1.82, 2.24) is 4.90 Å². The van der Waals surface area contributed by atoms with E-state index in [2.05, 4.69) is 0 Å². The Morgan fingerprint density at radius 2 is 1.63 bits per heavy atom. The number of nitrogens with zero attached hydrogens (tertiary/aromatic N) is 1. The van der Waals surface area contributed by atoms with Gasteiger partial charge in [0.15, 0.2) is 0 Å². The average molecular weight is 569 g/mol. The smallest absolute Gasteiger partial charge is 0.223 e. The molecule has 0 fully saturated rings. The van der Waals surface area contributed by atoms with Gasteiger partial charge in [-0.25, -0.2) is 8.78 Å². The number of amides is 1. The molecule has 0 bridgehead atoms. The van der Waals surface area contributed by atoms with Crippen LogP contribution in [-0.4, -0.2) is 49.8 Å². The number of rotatable bonds is 16. The van der Waals surface area contributed by atoms with Gasteiger partial charge in [0.05, 0.1) is 6.10 Å². The molecular weight excluding hydrogens is 526 g/mol. The molecule has 0 aliphatic rings. The van der Waals surface area contributed by atoms with Gasteiger partial charge in [0.25, 0.3) is 0 Å². The van der Waals surface area contributed by atoms with E-state index in [1.54, 1.807) is 0 Å². The zero-order chi connectivity index (χ0) is 28.3. The second-order valence-electron chi connectivity index (χ2n) is 9.98. The maximum atomic E-state index is 13.6. The Labute approximate surface area is 231 Å². The van der Waals surface area contributed by atoms with Crippen LogP contribution in [0.3, 0.4) is 0 Å². The summed E-state index contributed by atoms with van der Waals surface area (Å²) in [4.78, 5) is 14.9. The number of hydrogen-bond donors (Lipinski definition) is 2. The number of carbonyl (C=O) groups excluding carboxylic acids is 1. The predicted molar refractivity (Wildman–Crippen MR) is 154 cm³/mol. The summed E-state index contributed by atoms with van der Waals surface area (Å²) in [5, 5.41) is 10.8. The minimum absolute atomic E-state index is 0.0107. The molecule has 2 rings (SSSR count). The molecule has 0 aliphatic carbocycles. The van der Waals surface area contributed by atoms with E-state index >= 15 is 0 Å². The van der Waals surface area contributed by atoms with Crippen molar-refractivity contribution in [2.24, 2.45) is 5.73 Å². The zero-order valence-electron chi connectivity index (χ0n) is 22.7. The number of aryl methyl sites for hydroxylation is 1. The predicted octanol–water partition coefficient (Wildman–Crippen LogP) is 4.89. The molecule has 1 unspecified atom stereocenters. The van der Waals surface area contributed by atoms with Crippen LogP contribution in [0.4, 0.5) is 8.78 Å². The van der Waals surface area contributed by atoms with Crippen LogP contribution in [0.1, 0.15) is 69.6 Å². The van der Waals surface area contributed by atoms with Crippen LogP contribution < -0.4 is 5.73 Å². The van der Waals surface area contributed by atoms with E-state index < -0.39 is 32.3 Å². The summed E-state index contributed by atoms with van der Waals surface area (Å²) in [5.74, 6) is -1.58. The maximum absolute atomic E-state index is 13.6. The van der Waals surface area contributed by atoms with Crippen LogP contribution in [0.5, 0.6) is 0 Å². The van der Waals surface area contributed by atoms with Gasteiger partial charge in [-0.15, -0.1) is 0 Å². The van der Waals surface area contributed by atoms with Gasteiger partial charge >= 0.3 is 0 Å². The molecule has 0 radical (unpaired) electrons. The van der Waals surface area contributed by atoms with Gasteiger partial charge in [-0.2, -0.15) is 0 Å². The van der Waals surface area contributed by atoms with E-state index in [1.165, 1.54) is 17.0 Å². The third kappa shape index (κ3) is 10.3. The minimum Gasteiger partial charge on any atom is -0.390 e. The molecule has 2 aromatic carbocycles. The lowest BCUT2D eigenvalue weighted by Crippen LogP contribution is -2.46. The number of halogens is 2. The van der Waals surface area contributed by atoms with E-state index in [-0.39, 0.29) is 42.8 Å². The fraction of sp³-hybridized carbons (Fsp3) is 0.552. The first-order chi connectivity index (χ1) is 18.0. The first-order valence-electron chi connectivity index (χ1n) is 13.4. The Balaban J connectivity index is 2.18. The van der Waals surface area contributed by atoms with Crippen molar-refractivity contribution < 1.29 is 22.9 Å². The topological polar surface area (TPSA) is 83.6 Å². The molecule has 38 heavy (non-hydrogen) atoms. The molecular formula is C29H42F2N2O3S2. The standard InChI is InChI=1S/C29H42F2N2O3S2/c1-4-8-26(9-5-2)38(36,37)13-12-29(35)33(19-22-11-7-10-21(6-3)14-22)20-28(34)27(32)17-23-15-24(30)18-25(31)16-23/h7,10-11,14-16,18,26-28,34H,4-6,8-9,12-13,17,19-20,32H2,1-3H3/t27-,28+,38?/m0/s1. The van der Waals surface area contributed by atoms with Crippen LogP contribution >= 0.6 is 0 Å². The fourth-order valence-corrected chi connectivity index (χ4v) is 7.43. The molecule has 1 amide bonds. The lowest BCUT2D eigenvalue weighted by molar-refractivity contribution is -0.133. The lowest BCUT2D eigenvalue weighted by Gasteiger charge is -2.29. The van der Waals surface area contributed by atoms with Crippen molar-refractivity contribution in [2.75, 3.05) is 12.3 Å². The van der Waals surface area contributed by atoms with E-state index in [4.69, 9.17) is 16.9 Å². The monoisotopic (exact) mass is 568 g/mol. The Kier molecular flexibility index (Phi) is 13.2. The van der Waals surface area contributed by atoms with Gasteiger partial charge in [-0.05, 0) is 65.7 Å². The molecule has 9 heteroatoms. The minimum atomic E-state index is -2.62. The van der Waals surface area contributed by atoms with Crippen LogP contribution in [-0.2, 0) is 43.9 Å². The van der Waals surface area contributed by atoms with Crippen molar-refractivity contribution in [3.63, 3.8) is 0 Å². The van der Waals surface area contributed by atoms with Gasteiger partial charge in [0.1, 0.15) is 11.6 Å². The van der Waals surface area contributed by atoms with Crippen molar-refractivity contribution >= 4 is 25.6 Å². The molecule has 0 saturated heterocycles. The van der Waals surface area contributed by atoms with Gasteiger partial charge in [-0.1, -0.05) is 57.9 Å². The molecule has 0 saturated carbocycles. The summed E-state index contributed by atoms with van der Waals surface area (Å²) in [5.41, 5.74) is 8.54. The van der Waals surface area contributed by atoms with Crippen LogP contribution in [0.25, 0.3) is 0 Å². The molecule has 0 spiro atoms. The SMILES string of the molecule is CCCC(CCC)S(=O)(=S)CCC(=O)N(Cc1cccc(CC)c1)C[C@@H](O)[C@@H](N)Cc1cc(F)cc(F)c1. The van der Waals surface area contributed by atoms with E-state index in [0.717, 1.165) is 49.3 Å². The highest BCUT2D eigenvalue weighted by atomic mass is 32.8. The summed E-state index contributed by atoms with van der Waals surface area (Å²) in [6.07, 6.45) is 3.05. The second kappa shape index (κ2) is 15.6. The number of benzene rings is 2. The molecule has 5 nitrogen and oxygen atoms in total. The summed E-state index contributed by atoms with van der Waals surface area (Å²) < 4.78 is 40.5. The molecule has 0 aliphatic heterocycles. The molecule has 3 N–H and O–H groups in total. The van der Waals surface area contributed by atoms with Gasteiger partial charge in [0.2, 0.25) is 5.91 Å². The Morgan fingerprint density at radius 3 is 2.21 bits per heavy atom. The van der Waals surface area contributed by atoms with Gasteiger partial charge < -0.3 is 15.7 Å². The Morgan fingerprint density at radius 1 is 1.03 bits per heavy atom. The van der Waals surface area contributed by atoms with E-state index in [0.29, 0.717) is 5.56 Å². The van der Waals surface area contributed by atoms with Crippen LogP contribution in [0.2, 0.25) is 0 Å². The first kappa shape index (κ1) is 32.3. The number of hydrogen-bond acceptors (Lipinski definition) is 5. The van der Waals surface area contributed by atoms with Gasteiger partial charge in [0, 0.05) is 51.1 Å². The largest absolute Gasteiger partial charge is 0.390 e. The molecule has 3 atom stereocenters. The first-order valence-corrected chi connectivity index (χ1v) is 16.2.